The lowest BCUT2D eigenvalue weighted by molar-refractivity contribution is -0.144. The Morgan fingerprint density at radius 2 is 0.785 bits per heavy atom. The molecule has 0 amide bonds. The number of aryl methyl sites for hydroxylation is 1. The van der Waals surface area contributed by atoms with Gasteiger partial charge in [-0.25, -0.2) is 0 Å². The molecule has 79 heavy (non-hydrogen) atoms. The molecule has 0 atom stereocenters. The van der Waals surface area contributed by atoms with Gasteiger partial charge in [0.1, 0.15) is 0 Å². The molecule has 11 aromatic rings. The Morgan fingerprint density at radius 1 is 0.342 bits per heavy atom. The molecule has 0 bridgehead atoms. The summed E-state index contributed by atoms with van der Waals surface area (Å²) in [7, 11) is 0. The molecule has 0 fully saturated rings. The molecule has 0 aliphatic heterocycles. The summed E-state index contributed by atoms with van der Waals surface area (Å²) < 4.78 is 220. The van der Waals surface area contributed by atoms with E-state index in [0.717, 1.165) is 24.3 Å². The fourth-order valence-electron chi connectivity index (χ4n) is 10.6. The van der Waals surface area contributed by atoms with Gasteiger partial charge in [-0.05, 0) is 143 Å². The summed E-state index contributed by atoms with van der Waals surface area (Å²) >= 11 is 0. The number of fused-ring (bicyclic) bond motifs is 6. The minimum atomic E-state index is -5.32. The number of hydrogen-bond donors (Lipinski definition) is 0. The number of halogens is 15. The molecule has 0 N–H and O–H groups in total. The van der Waals surface area contributed by atoms with E-state index >= 15 is 26.3 Å². The normalized spacial score (nSPS) is 12.8. The number of alkyl halides is 15. The van der Waals surface area contributed by atoms with Crippen LogP contribution in [0.4, 0.5) is 65.9 Å². The van der Waals surface area contributed by atoms with Crippen LogP contribution in [0.5, 0.6) is 0 Å². The zero-order valence-corrected chi connectivity index (χ0v) is 40.3. The Bertz CT molecular complexity index is 4260. The lowest BCUT2D eigenvalue weighted by Crippen LogP contribution is -2.14. The number of aromatic nitrogens is 2. The smallest absolute Gasteiger partial charge is 0.309 e. The van der Waals surface area contributed by atoms with E-state index in [2.05, 4.69) is 6.07 Å². The van der Waals surface area contributed by atoms with Gasteiger partial charge in [0.05, 0.1) is 72.9 Å². The van der Waals surface area contributed by atoms with E-state index in [9.17, 15) is 44.8 Å². The van der Waals surface area contributed by atoms with Gasteiger partial charge < -0.3 is 9.13 Å². The molecule has 0 unspecified atom stereocenters. The van der Waals surface area contributed by atoms with Gasteiger partial charge in [0, 0.05) is 38.2 Å². The Hall–Kier alpha value is -8.98. The maximum Gasteiger partial charge on any atom is 0.417 e. The van der Waals surface area contributed by atoms with E-state index in [-0.39, 0.29) is 50.8 Å². The van der Waals surface area contributed by atoms with Crippen molar-refractivity contribution in [1.29, 1.82) is 5.26 Å². The Morgan fingerprint density at radius 3 is 1.28 bits per heavy atom. The standard InChI is InChI=1S/C61H32F15N3/c1-32-22-37(24-39(23-32)57(62,63)64)33-16-19-51-44(27-33)42-9-2-4-13-49(42)78(51)53-21-18-35(56-47(60(71,72)73)11-7-12-48(56)61(74,75)76)29-46(53)55-36(31-77)8-6-15-54(55)79-50-14-5-3-10-43(50)45-28-34(17-20-52(45)79)38-25-40(58(65,66)67)30-41(26-38)59(68,69)70/h2-30H,1H3. The molecule has 11 rings (SSSR count). The summed E-state index contributed by atoms with van der Waals surface area (Å²) in [5.74, 6) is 0. The summed E-state index contributed by atoms with van der Waals surface area (Å²) in [6, 6.07) is 38.7. The minimum absolute atomic E-state index is 0.00458. The molecular formula is C61H32F15N3. The van der Waals surface area contributed by atoms with Crippen molar-refractivity contribution in [3.63, 3.8) is 0 Å². The van der Waals surface area contributed by atoms with Crippen molar-refractivity contribution < 1.29 is 65.9 Å². The molecule has 2 aromatic heterocycles. The maximum absolute atomic E-state index is 15.0. The zero-order chi connectivity index (χ0) is 56.3. The van der Waals surface area contributed by atoms with Gasteiger partial charge in [0.2, 0.25) is 0 Å². The Kier molecular flexibility index (Phi) is 12.1. The second kappa shape index (κ2) is 18.3. The van der Waals surface area contributed by atoms with Gasteiger partial charge in [-0.3, -0.25) is 0 Å². The van der Waals surface area contributed by atoms with Crippen LogP contribution in [0.3, 0.4) is 0 Å². The highest BCUT2D eigenvalue weighted by Gasteiger charge is 2.42. The Labute approximate surface area is 437 Å². The minimum Gasteiger partial charge on any atom is -0.309 e. The van der Waals surface area contributed by atoms with Crippen LogP contribution in [0.15, 0.2) is 176 Å². The summed E-state index contributed by atoms with van der Waals surface area (Å²) in [6.45, 7) is 1.51. The number of rotatable bonds is 6. The first kappa shape index (κ1) is 52.1. The molecule has 0 saturated heterocycles. The highest BCUT2D eigenvalue weighted by atomic mass is 19.4. The quantitative estimate of drug-likeness (QED) is 0.153. The van der Waals surface area contributed by atoms with Crippen LogP contribution in [0, 0.1) is 18.3 Å². The van der Waals surface area contributed by atoms with Crippen molar-refractivity contribution in [2.24, 2.45) is 0 Å². The molecule has 0 radical (unpaired) electrons. The van der Waals surface area contributed by atoms with Crippen molar-refractivity contribution in [3.05, 3.63) is 215 Å². The van der Waals surface area contributed by atoms with Crippen molar-refractivity contribution in [3.8, 4) is 62.0 Å². The van der Waals surface area contributed by atoms with Crippen LogP contribution >= 0.6 is 0 Å². The maximum atomic E-state index is 15.0. The first-order valence-corrected chi connectivity index (χ1v) is 23.7. The third-order valence-corrected chi connectivity index (χ3v) is 13.9. The second-order valence-corrected chi connectivity index (χ2v) is 18.8. The highest BCUT2D eigenvalue weighted by molar-refractivity contribution is 6.13. The summed E-state index contributed by atoms with van der Waals surface area (Å²) in [5.41, 5.74) is -7.10. The summed E-state index contributed by atoms with van der Waals surface area (Å²) in [5, 5.41) is 12.8. The lowest BCUT2D eigenvalue weighted by atomic mass is 9.89. The van der Waals surface area contributed by atoms with E-state index in [1.54, 1.807) is 81.9 Å². The van der Waals surface area contributed by atoms with Crippen molar-refractivity contribution >= 4 is 43.6 Å². The van der Waals surface area contributed by atoms with Crippen LogP contribution in [0.25, 0.3) is 99.5 Å². The predicted octanol–water partition coefficient (Wildman–Crippen LogP) is 19.8. The molecule has 2 heterocycles. The fourth-order valence-corrected chi connectivity index (χ4v) is 10.6. The van der Waals surface area contributed by atoms with E-state index in [1.165, 1.54) is 49.4 Å². The van der Waals surface area contributed by atoms with Crippen LogP contribution in [0.2, 0.25) is 0 Å². The van der Waals surface area contributed by atoms with Crippen molar-refractivity contribution in [2.75, 3.05) is 0 Å². The predicted molar refractivity (Wildman–Crippen MR) is 271 cm³/mol. The van der Waals surface area contributed by atoms with Crippen LogP contribution in [0.1, 0.15) is 38.9 Å². The molecule has 396 valence electrons. The van der Waals surface area contributed by atoms with Gasteiger partial charge in [-0.15, -0.1) is 0 Å². The molecule has 3 nitrogen and oxygen atoms in total. The molecule has 0 aliphatic rings. The second-order valence-electron chi connectivity index (χ2n) is 18.8. The van der Waals surface area contributed by atoms with Gasteiger partial charge in [0.15, 0.2) is 0 Å². The summed E-state index contributed by atoms with van der Waals surface area (Å²) in [6.07, 6.45) is -25.6. The molecule has 9 aromatic carbocycles. The third kappa shape index (κ3) is 9.15. The molecule has 0 saturated carbocycles. The largest absolute Gasteiger partial charge is 0.417 e. The lowest BCUT2D eigenvalue weighted by Gasteiger charge is -2.23. The van der Waals surface area contributed by atoms with E-state index in [1.807, 2.05) is 0 Å². The number of nitriles is 1. The average molecular weight is 1090 g/mol. The first-order chi connectivity index (χ1) is 37.2. The number of benzene rings is 9. The van der Waals surface area contributed by atoms with Crippen LogP contribution < -0.4 is 0 Å². The number of para-hydroxylation sites is 2. The third-order valence-electron chi connectivity index (χ3n) is 13.9. The average Bonchev–Trinajstić information content (AvgIpc) is 4.05. The van der Waals surface area contributed by atoms with Gasteiger partial charge in [-0.2, -0.15) is 71.1 Å². The van der Waals surface area contributed by atoms with Crippen molar-refractivity contribution in [1.82, 2.24) is 9.13 Å². The fraction of sp³-hybridized carbons (Fsp3) is 0.0984. The SMILES string of the molecule is Cc1cc(-c2ccc3c(c2)c2ccccc2n3-c2ccc(-c3c(C(F)(F)F)cccc3C(F)(F)F)cc2-c2c(C#N)cccc2-n2c3ccccc3c3cc(-c4cc(C(F)(F)F)cc(C(F)(F)F)c4)ccc32)cc(C(F)(F)F)c1. The number of hydrogen-bond acceptors (Lipinski definition) is 1. The topological polar surface area (TPSA) is 33.6 Å². The van der Waals surface area contributed by atoms with Crippen molar-refractivity contribution in [2.45, 2.75) is 37.8 Å². The molecule has 0 aliphatic carbocycles. The van der Waals surface area contributed by atoms with Gasteiger partial charge in [0.25, 0.3) is 0 Å². The van der Waals surface area contributed by atoms with Crippen LogP contribution in [-0.4, -0.2) is 9.13 Å². The molecule has 18 heteroatoms. The van der Waals surface area contributed by atoms with E-state index < -0.39 is 75.4 Å². The zero-order valence-electron chi connectivity index (χ0n) is 40.3. The first-order valence-electron chi connectivity index (χ1n) is 23.7. The monoisotopic (exact) mass is 1090 g/mol. The Balaban J connectivity index is 1.23. The van der Waals surface area contributed by atoms with E-state index in [0.29, 0.717) is 79.6 Å². The number of nitrogens with zero attached hydrogens (tertiary/aromatic N) is 3. The molecular weight excluding hydrogens is 1060 g/mol. The van der Waals surface area contributed by atoms with Crippen LogP contribution in [-0.2, 0) is 30.9 Å². The van der Waals surface area contributed by atoms with Gasteiger partial charge in [-0.1, -0.05) is 72.8 Å². The highest BCUT2D eigenvalue weighted by Crippen LogP contribution is 2.49. The summed E-state index contributed by atoms with van der Waals surface area (Å²) in [4.78, 5) is 0. The van der Waals surface area contributed by atoms with E-state index in [4.69, 9.17) is 0 Å². The molecule has 0 spiro atoms. The van der Waals surface area contributed by atoms with Gasteiger partial charge >= 0.3 is 30.9 Å².